The second kappa shape index (κ2) is 11.1. The molecular weight excluding hydrogens is 642 g/mol. The number of hydrogen-bond donors (Lipinski definition) is 0. The Balaban J connectivity index is 1.38. The third-order valence-corrected chi connectivity index (χ3v) is 10.6. The third kappa shape index (κ3) is 4.91. The van der Waals surface area contributed by atoms with Crippen molar-refractivity contribution in [2.75, 3.05) is 0 Å². The standard InChI is InChI=1S/C42H29F3O3S/c1-24-10-8-15-33-31-13-6-4-11-27(31)22-37(40(24)33)29-18-19-30-26(3)36(20-25(2)35(30)21-29)38-23-28-12-5-7-14-32(28)34-16-9-17-39(41(34)38)48-49(46,47)42(43,44)45/h4-23H,1-3H3. The molecule has 0 aliphatic rings. The molecule has 0 aliphatic carbocycles. The summed E-state index contributed by atoms with van der Waals surface area (Å²) in [6, 6.07) is 39.5. The van der Waals surface area contributed by atoms with Crippen LogP contribution in [0.1, 0.15) is 16.7 Å². The molecule has 8 aromatic rings. The second-order valence-electron chi connectivity index (χ2n) is 12.6. The van der Waals surface area contributed by atoms with E-state index in [2.05, 4.69) is 73.7 Å². The lowest BCUT2D eigenvalue weighted by molar-refractivity contribution is -0.0499. The van der Waals surface area contributed by atoms with E-state index in [1.165, 1.54) is 33.9 Å². The predicted octanol–water partition coefficient (Wildman–Crippen LogP) is 11.9. The molecular formula is C42H29F3O3S. The van der Waals surface area contributed by atoms with Crippen LogP contribution in [0.5, 0.6) is 5.75 Å². The van der Waals surface area contributed by atoms with Gasteiger partial charge in [-0.15, -0.1) is 0 Å². The highest BCUT2D eigenvalue weighted by atomic mass is 32.2. The number of rotatable bonds is 4. The monoisotopic (exact) mass is 670 g/mol. The maximum absolute atomic E-state index is 13.5. The highest BCUT2D eigenvalue weighted by Crippen LogP contribution is 2.45. The molecule has 0 atom stereocenters. The molecule has 0 amide bonds. The molecule has 0 heterocycles. The predicted molar refractivity (Wildman–Crippen MR) is 195 cm³/mol. The molecule has 0 saturated carbocycles. The molecule has 0 fully saturated rings. The first-order valence-corrected chi connectivity index (χ1v) is 17.2. The second-order valence-corrected chi connectivity index (χ2v) is 14.1. The van der Waals surface area contributed by atoms with E-state index in [9.17, 15) is 21.6 Å². The van der Waals surface area contributed by atoms with Gasteiger partial charge >= 0.3 is 15.6 Å². The van der Waals surface area contributed by atoms with E-state index in [1.807, 2.05) is 50.2 Å². The van der Waals surface area contributed by atoms with Crippen LogP contribution in [-0.4, -0.2) is 13.9 Å². The van der Waals surface area contributed by atoms with Gasteiger partial charge < -0.3 is 4.18 Å². The maximum atomic E-state index is 13.5. The summed E-state index contributed by atoms with van der Waals surface area (Å²) >= 11 is 0. The van der Waals surface area contributed by atoms with Crippen molar-refractivity contribution >= 4 is 64.0 Å². The highest BCUT2D eigenvalue weighted by Gasteiger charge is 2.48. The van der Waals surface area contributed by atoms with Crippen molar-refractivity contribution in [3.8, 4) is 28.0 Å². The first-order chi connectivity index (χ1) is 23.4. The zero-order valence-corrected chi connectivity index (χ0v) is 27.6. The Hall–Kier alpha value is -5.40. The summed E-state index contributed by atoms with van der Waals surface area (Å²) in [5.41, 5.74) is 1.09. The van der Waals surface area contributed by atoms with Gasteiger partial charge in [0.25, 0.3) is 0 Å². The van der Waals surface area contributed by atoms with Crippen molar-refractivity contribution in [3.05, 3.63) is 138 Å². The van der Waals surface area contributed by atoms with Crippen LogP contribution in [0.3, 0.4) is 0 Å². The van der Waals surface area contributed by atoms with E-state index in [0.717, 1.165) is 54.7 Å². The molecule has 49 heavy (non-hydrogen) atoms. The Morgan fingerprint density at radius 2 is 1.10 bits per heavy atom. The van der Waals surface area contributed by atoms with Crippen molar-refractivity contribution in [2.45, 2.75) is 26.3 Å². The average molecular weight is 671 g/mol. The van der Waals surface area contributed by atoms with Crippen LogP contribution in [-0.2, 0) is 10.1 Å². The van der Waals surface area contributed by atoms with Crippen LogP contribution in [0.2, 0.25) is 0 Å². The minimum Gasteiger partial charge on any atom is -0.375 e. The van der Waals surface area contributed by atoms with Gasteiger partial charge in [-0.25, -0.2) is 0 Å². The topological polar surface area (TPSA) is 43.4 Å². The van der Waals surface area contributed by atoms with Crippen molar-refractivity contribution in [1.29, 1.82) is 0 Å². The van der Waals surface area contributed by atoms with Crippen LogP contribution < -0.4 is 4.18 Å². The zero-order chi connectivity index (χ0) is 34.2. The lowest BCUT2D eigenvalue weighted by atomic mass is 9.86. The molecule has 0 radical (unpaired) electrons. The fourth-order valence-electron chi connectivity index (χ4n) is 7.34. The maximum Gasteiger partial charge on any atom is 0.534 e. The van der Waals surface area contributed by atoms with Gasteiger partial charge in [0, 0.05) is 5.39 Å². The molecule has 3 nitrogen and oxygen atoms in total. The van der Waals surface area contributed by atoms with Gasteiger partial charge in [-0.1, -0.05) is 97.1 Å². The smallest absolute Gasteiger partial charge is 0.375 e. The normalized spacial score (nSPS) is 12.4. The number of aryl methyl sites for hydroxylation is 3. The molecule has 7 heteroatoms. The lowest BCUT2D eigenvalue weighted by Gasteiger charge is -2.19. The van der Waals surface area contributed by atoms with E-state index < -0.39 is 15.6 Å². The molecule has 8 aromatic carbocycles. The molecule has 0 aromatic heterocycles. The summed E-state index contributed by atoms with van der Waals surface area (Å²) in [5.74, 6) is -0.373. The zero-order valence-electron chi connectivity index (χ0n) is 26.8. The van der Waals surface area contributed by atoms with Crippen LogP contribution in [0.15, 0.2) is 121 Å². The van der Waals surface area contributed by atoms with Crippen molar-refractivity contribution < 1.29 is 25.8 Å². The number of halogens is 3. The fourth-order valence-corrected chi connectivity index (χ4v) is 7.81. The Morgan fingerprint density at radius 1 is 0.510 bits per heavy atom. The van der Waals surface area contributed by atoms with Crippen LogP contribution in [0.25, 0.3) is 76.1 Å². The van der Waals surface area contributed by atoms with E-state index in [0.29, 0.717) is 16.3 Å². The Labute approximate surface area is 281 Å². The third-order valence-electron chi connectivity index (χ3n) is 9.64. The summed E-state index contributed by atoms with van der Waals surface area (Å²) in [7, 11) is -5.91. The molecule has 0 N–H and O–H groups in total. The van der Waals surface area contributed by atoms with E-state index in [-0.39, 0.29) is 5.75 Å². The van der Waals surface area contributed by atoms with Crippen molar-refractivity contribution in [2.24, 2.45) is 0 Å². The minimum absolute atomic E-state index is 0.297. The van der Waals surface area contributed by atoms with Crippen LogP contribution in [0, 0.1) is 20.8 Å². The largest absolute Gasteiger partial charge is 0.534 e. The minimum atomic E-state index is -5.91. The van der Waals surface area contributed by atoms with Crippen molar-refractivity contribution in [1.82, 2.24) is 0 Å². The summed E-state index contributed by atoms with van der Waals surface area (Å²) in [4.78, 5) is 0. The molecule has 0 aliphatic heterocycles. The van der Waals surface area contributed by atoms with Gasteiger partial charge in [-0.3, -0.25) is 0 Å². The quantitative estimate of drug-likeness (QED) is 0.106. The molecule has 8 rings (SSSR count). The number of benzene rings is 8. The molecule has 0 bridgehead atoms. The first kappa shape index (κ1) is 30.9. The van der Waals surface area contributed by atoms with E-state index in [1.54, 1.807) is 6.07 Å². The highest BCUT2D eigenvalue weighted by molar-refractivity contribution is 7.88. The molecule has 0 saturated heterocycles. The van der Waals surface area contributed by atoms with E-state index in [4.69, 9.17) is 4.18 Å². The number of alkyl halides is 3. The Morgan fingerprint density at radius 3 is 1.78 bits per heavy atom. The summed E-state index contributed by atoms with van der Waals surface area (Å²) < 4.78 is 69.9. The fraction of sp³-hybridized carbons (Fsp3) is 0.0952. The van der Waals surface area contributed by atoms with E-state index >= 15 is 0 Å². The average Bonchev–Trinajstić information content (AvgIpc) is 3.08. The Kier molecular flexibility index (Phi) is 6.98. The molecule has 0 spiro atoms. The van der Waals surface area contributed by atoms with Gasteiger partial charge in [0.2, 0.25) is 0 Å². The number of fused-ring (bicyclic) bond motifs is 7. The van der Waals surface area contributed by atoms with Gasteiger partial charge in [0.1, 0.15) is 0 Å². The van der Waals surface area contributed by atoms with Gasteiger partial charge in [0.15, 0.2) is 5.75 Å². The number of hydrogen-bond acceptors (Lipinski definition) is 3. The summed E-state index contributed by atoms with van der Waals surface area (Å²) in [6.45, 7) is 6.14. The Bertz CT molecular complexity index is 2780. The molecule has 0 unspecified atom stereocenters. The van der Waals surface area contributed by atoms with Gasteiger partial charge in [-0.2, -0.15) is 21.6 Å². The van der Waals surface area contributed by atoms with Crippen LogP contribution >= 0.6 is 0 Å². The summed E-state index contributed by atoms with van der Waals surface area (Å²) in [5, 5.41) is 9.34. The van der Waals surface area contributed by atoms with Crippen molar-refractivity contribution in [3.63, 3.8) is 0 Å². The van der Waals surface area contributed by atoms with Crippen LogP contribution in [0.4, 0.5) is 13.2 Å². The van der Waals surface area contributed by atoms with Gasteiger partial charge in [-0.05, 0) is 132 Å². The molecule has 242 valence electrons. The first-order valence-electron chi connectivity index (χ1n) is 15.8. The lowest BCUT2D eigenvalue weighted by Crippen LogP contribution is -2.28. The summed E-state index contributed by atoms with van der Waals surface area (Å²) in [6.07, 6.45) is 0. The van der Waals surface area contributed by atoms with Gasteiger partial charge in [0.05, 0.1) is 0 Å². The SMILES string of the molecule is Cc1cc(-c2cc3ccccc3c3cccc(OS(=O)(=O)C(F)(F)F)c23)c(C)c2ccc(-c3cc4ccccc4c4cccc(C)c34)cc12.